The van der Waals surface area contributed by atoms with E-state index in [0.29, 0.717) is 5.75 Å². The number of nitrogens with zero attached hydrogens (tertiary/aromatic N) is 1. The Balaban J connectivity index is 1.79. The maximum absolute atomic E-state index is 12.6. The first-order chi connectivity index (χ1) is 13.0. The van der Waals surface area contributed by atoms with E-state index in [9.17, 15) is 13.2 Å². The van der Waals surface area contributed by atoms with Crippen LogP contribution in [0.15, 0.2) is 89.8 Å². The first-order valence-electron chi connectivity index (χ1n) is 7.87. The summed E-state index contributed by atoms with van der Waals surface area (Å²) in [5.74, 6) is 6.51. The summed E-state index contributed by atoms with van der Waals surface area (Å²) in [6.45, 7) is 0. The van der Waals surface area contributed by atoms with Crippen molar-refractivity contribution in [2.24, 2.45) is 5.84 Å². The van der Waals surface area contributed by atoms with Crippen LogP contribution in [-0.4, -0.2) is 18.8 Å². The highest BCUT2D eigenvalue weighted by Crippen LogP contribution is 2.25. The lowest BCUT2D eigenvalue weighted by Gasteiger charge is -2.16. The average molecular weight is 384 g/mol. The summed E-state index contributed by atoms with van der Waals surface area (Å²) in [4.78, 5) is 17.1. The third-order valence-electron chi connectivity index (χ3n) is 3.45. The Morgan fingerprint density at radius 2 is 1.33 bits per heavy atom. The predicted molar refractivity (Wildman–Crippen MR) is 98.6 cm³/mol. The van der Waals surface area contributed by atoms with Crippen molar-refractivity contribution in [1.29, 1.82) is 0 Å². The number of carbonyl (C=O) groups excluding carboxylic acids is 1. The van der Waals surface area contributed by atoms with Crippen LogP contribution >= 0.6 is 0 Å². The molecule has 7 nitrogen and oxygen atoms in total. The topological polar surface area (TPSA) is 98.9 Å². The van der Waals surface area contributed by atoms with Crippen molar-refractivity contribution in [2.45, 2.75) is 4.90 Å². The lowest BCUT2D eigenvalue weighted by molar-refractivity contribution is -0.00229. The first-order valence-corrected chi connectivity index (χ1v) is 9.35. The number of amides is 1. The maximum Gasteiger partial charge on any atom is 0.391 e. The lowest BCUT2D eigenvalue weighted by Crippen LogP contribution is -2.43. The summed E-state index contributed by atoms with van der Waals surface area (Å²) >= 11 is 0. The number of rotatable bonds is 5. The van der Waals surface area contributed by atoms with Crippen LogP contribution in [0.1, 0.15) is 0 Å². The van der Waals surface area contributed by atoms with Gasteiger partial charge in [0.2, 0.25) is 0 Å². The fourth-order valence-corrected chi connectivity index (χ4v) is 3.19. The fourth-order valence-electron chi connectivity index (χ4n) is 2.18. The van der Waals surface area contributed by atoms with Crippen molar-refractivity contribution in [3.8, 4) is 17.2 Å². The molecule has 0 unspecified atom stereocenters. The molecule has 0 bridgehead atoms. The van der Waals surface area contributed by atoms with E-state index in [1.807, 2.05) is 6.07 Å². The van der Waals surface area contributed by atoms with Gasteiger partial charge in [-0.25, -0.2) is 14.3 Å². The SMILES string of the molecule is NN(Oc1ccccc1)C(=O)S(=O)(=O)c1cccc(Oc2ccccc2)c1. The molecule has 0 aliphatic carbocycles. The van der Waals surface area contributed by atoms with E-state index in [-0.39, 0.29) is 21.6 Å². The number of benzene rings is 3. The molecule has 0 aliphatic rings. The van der Waals surface area contributed by atoms with Crippen LogP contribution in [0.2, 0.25) is 0 Å². The summed E-state index contributed by atoms with van der Waals surface area (Å²) in [5.41, 5.74) is 0. The summed E-state index contributed by atoms with van der Waals surface area (Å²) < 4.78 is 30.7. The van der Waals surface area contributed by atoms with Crippen molar-refractivity contribution in [3.63, 3.8) is 0 Å². The van der Waals surface area contributed by atoms with Crippen LogP contribution in [0, 0.1) is 0 Å². The van der Waals surface area contributed by atoms with E-state index in [0.717, 1.165) is 0 Å². The smallest absolute Gasteiger partial charge is 0.391 e. The molecule has 27 heavy (non-hydrogen) atoms. The van der Waals surface area contributed by atoms with Gasteiger partial charge in [-0.3, -0.25) is 4.79 Å². The fraction of sp³-hybridized carbons (Fsp3) is 0. The van der Waals surface area contributed by atoms with Crippen LogP contribution in [0.25, 0.3) is 0 Å². The number of sulfone groups is 1. The molecule has 138 valence electrons. The molecular weight excluding hydrogens is 368 g/mol. The standard InChI is InChI=1S/C19H16N2O5S/c20-21(26-16-10-5-2-6-11-16)19(22)27(23,24)18-13-7-12-17(14-18)25-15-8-3-1-4-9-15/h1-14H,20H2. The number of hydrogen-bond donors (Lipinski definition) is 1. The third-order valence-corrected chi connectivity index (χ3v) is 4.97. The summed E-state index contributed by atoms with van der Waals surface area (Å²) in [5, 5.41) is -1.21. The van der Waals surface area contributed by atoms with E-state index in [1.165, 1.54) is 30.3 Å². The molecule has 0 fully saturated rings. The summed E-state index contributed by atoms with van der Waals surface area (Å²) in [6.07, 6.45) is 0. The van der Waals surface area contributed by atoms with Gasteiger partial charge in [-0.2, -0.15) is 0 Å². The molecule has 0 heterocycles. The van der Waals surface area contributed by atoms with Gasteiger partial charge in [-0.1, -0.05) is 47.6 Å². The van der Waals surface area contributed by atoms with Gasteiger partial charge < -0.3 is 9.57 Å². The molecule has 3 aromatic carbocycles. The van der Waals surface area contributed by atoms with Gasteiger partial charge in [-0.05, 0) is 42.5 Å². The van der Waals surface area contributed by atoms with Gasteiger partial charge in [0.05, 0.1) is 4.90 Å². The van der Waals surface area contributed by atoms with E-state index in [2.05, 4.69) is 0 Å². The Morgan fingerprint density at radius 1 is 0.778 bits per heavy atom. The highest BCUT2D eigenvalue weighted by molar-refractivity contribution is 8.06. The second-order valence-electron chi connectivity index (χ2n) is 5.39. The normalized spacial score (nSPS) is 10.9. The second kappa shape index (κ2) is 7.90. The molecule has 3 rings (SSSR count). The molecule has 2 N–H and O–H groups in total. The van der Waals surface area contributed by atoms with Crippen molar-refractivity contribution >= 4 is 15.1 Å². The predicted octanol–water partition coefficient (Wildman–Crippen LogP) is 3.54. The molecular formula is C19H16N2O5S. The summed E-state index contributed by atoms with van der Waals surface area (Å²) in [7, 11) is -4.42. The van der Waals surface area contributed by atoms with Crippen LogP contribution < -0.4 is 15.4 Å². The largest absolute Gasteiger partial charge is 0.457 e. The maximum atomic E-state index is 12.6. The minimum atomic E-state index is -4.42. The number of ether oxygens (including phenoxy) is 1. The number of hydrogen-bond acceptors (Lipinski definition) is 6. The molecule has 0 saturated heterocycles. The second-order valence-corrected chi connectivity index (χ2v) is 7.22. The molecule has 3 aromatic rings. The number of nitrogens with two attached hydrogens (primary N) is 1. The number of hydrazine groups is 1. The van der Waals surface area contributed by atoms with Crippen LogP contribution in [0.4, 0.5) is 4.79 Å². The zero-order chi connectivity index (χ0) is 19.3. The highest BCUT2D eigenvalue weighted by Gasteiger charge is 2.31. The Hall–Kier alpha value is -3.36. The molecule has 0 radical (unpaired) electrons. The average Bonchev–Trinajstić information content (AvgIpc) is 2.69. The van der Waals surface area contributed by atoms with E-state index in [4.69, 9.17) is 15.4 Å². The van der Waals surface area contributed by atoms with Gasteiger partial charge in [0.1, 0.15) is 11.5 Å². The van der Waals surface area contributed by atoms with E-state index < -0.39 is 15.1 Å². The summed E-state index contributed by atoms with van der Waals surface area (Å²) in [6, 6.07) is 22.6. The van der Waals surface area contributed by atoms with Crippen molar-refractivity contribution in [2.75, 3.05) is 0 Å². The first kappa shape index (κ1) is 18.4. The van der Waals surface area contributed by atoms with Crippen molar-refractivity contribution in [3.05, 3.63) is 84.9 Å². The molecule has 0 aromatic heterocycles. The quantitative estimate of drug-likeness (QED) is 0.410. The molecule has 0 atom stereocenters. The molecule has 0 spiro atoms. The van der Waals surface area contributed by atoms with Gasteiger partial charge in [-0.15, -0.1) is 0 Å². The number of para-hydroxylation sites is 2. The van der Waals surface area contributed by atoms with Gasteiger partial charge in [0.25, 0.3) is 9.84 Å². The van der Waals surface area contributed by atoms with Crippen LogP contribution in [0.5, 0.6) is 17.2 Å². The van der Waals surface area contributed by atoms with E-state index >= 15 is 0 Å². The minimum Gasteiger partial charge on any atom is -0.457 e. The van der Waals surface area contributed by atoms with Crippen LogP contribution in [-0.2, 0) is 9.84 Å². The van der Waals surface area contributed by atoms with Gasteiger partial charge in [0, 0.05) is 0 Å². The Morgan fingerprint density at radius 3 is 1.96 bits per heavy atom. The molecule has 0 aliphatic heterocycles. The van der Waals surface area contributed by atoms with Crippen molar-refractivity contribution in [1.82, 2.24) is 5.17 Å². The minimum absolute atomic E-state index is 0.190. The molecule has 1 amide bonds. The highest BCUT2D eigenvalue weighted by atomic mass is 32.2. The Kier molecular flexibility index (Phi) is 5.39. The lowest BCUT2D eigenvalue weighted by atomic mass is 10.3. The number of hydroxylamine groups is 1. The Labute approximate surface area is 156 Å². The van der Waals surface area contributed by atoms with Gasteiger partial charge in [0.15, 0.2) is 5.75 Å². The zero-order valence-electron chi connectivity index (χ0n) is 14.1. The van der Waals surface area contributed by atoms with Gasteiger partial charge >= 0.3 is 5.24 Å². The van der Waals surface area contributed by atoms with E-state index in [1.54, 1.807) is 48.5 Å². The Bertz CT molecular complexity index is 1020. The molecule has 8 heteroatoms. The molecule has 0 saturated carbocycles. The van der Waals surface area contributed by atoms with Crippen LogP contribution in [0.3, 0.4) is 0 Å². The monoisotopic (exact) mass is 384 g/mol. The zero-order valence-corrected chi connectivity index (χ0v) is 14.9. The third kappa shape index (κ3) is 4.43. The van der Waals surface area contributed by atoms with Crippen molar-refractivity contribution < 1.29 is 22.8 Å². The number of carbonyl (C=O) groups is 1.